The molecule has 0 N–H and O–H groups in total. The van der Waals surface area contributed by atoms with E-state index in [0.29, 0.717) is 6.54 Å². The topological polar surface area (TPSA) is 48.0 Å². The number of amides is 1. The van der Waals surface area contributed by atoms with Crippen molar-refractivity contribution in [2.75, 3.05) is 11.4 Å². The van der Waals surface area contributed by atoms with Crippen molar-refractivity contribution in [1.29, 1.82) is 0 Å². The van der Waals surface area contributed by atoms with Gasteiger partial charge in [-0.05, 0) is 39.0 Å². The maximum Gasteiger partial charge on any atom is 0.276 e. The van der Waals surface area contributed by atoms with Crippen LogP contribution in [0.5, 0.6) is 0 Å². The molecule has 0 fully saturated rings. The number of benzene rings is 2. The molecule has 4 heterocycles. The molecule has 3 aromatic heterocycles. The number of para-hydroxylation sites is 2. The predicted octanol–water partition coefficient (Wildman–Crippen LogP) is 5.37. The molecule has 0 saturated heterocycles. The number of carbonyl (C=O) groups is 1. The van der Waals surface area contributed by atoms with Gasteiger partial charge in [0.25, 0.3) is 5.91 Å². The van der Waals surface area contributed by atoms with Gasteiger partial charge in [-0.2, -0.15) is 5.10 Å². The monoisotopic (exact) mass is 437 g/mol. The molecule has 1 atom stereocenters. The molecule has 6 rings (SSSR count). The van der Waals surface area contributed by atoms with E-state index in [1.807, 2.05) is 41.9 Å². The molecular weight excluding hydrogens is 410 g/mol. The first-order valence-electron chi connectivity index (χ1n) is 11.4. The molecule has 1 amide bonds. The second-order valence-corrected chi connectivity index (χ2v) is 9.20. The molecule has 0 saturated carbocycles. The minimum absolute atomic E-state index is 0.0424. The Morgan fingerprint density at radius 3 is 2.45 bits per heavy atom. The van der Waals surface area contributed by atoms with Gasteiger partial charge in [-0.1, -0.05) is 36.4 Å². The van der Waals surface area contributed by atoms with E-state index in [9.17, 15) is 4.79 Å². The van der Waals surface area contributed by atoms with Crippen LogP contribution in [0.25, 0.3) is 32.9 Å². The summed E-state index contributed by atoms with van der Waals surface area (Å²) in [4.78, 5) is 15.8. The smallest absolute Gasteiger partial charge is 0.276 e. The summed E-state index contributed by atoms with van der Waals surface area (Å²) in [5, 5.41) is 6.87. The van der Waals surface area contributed by atoms with Crippen molar-refractivity contribution >= 4 is 33.5 Å². The summed E-state index contributed by atoms with van der Waals surface area (Å²) in [7, 11) is 4.01. The Morgan fingerprint density at radius 1 is 0.970 bits per heavy atom. The lowest BCUT2D eigenvalue weighted by Crippen LogP contribution is -2.42. The van der Waals surface area contributed by atoms with Gasteiger partial charge in [-0.15, -0.1) is 0 Å². The summed E-state index contributed by atoms with van der Waals surface area (Å²) in [6.45, 7) is 6.98. The van der Waals surface area contributed by atoms with Crippen LogP contribution in [0.4, 0.5) is 5.82 Å². The highest BCUT2D eigenvalue weighted by molar-refractivity contribution is 6.11. The number of nitrogens with zero attached hydrogens (tertiary/aromatic N) is 5. The third-order valence-electron chi connectivity index (χ3n) is 7.19. The van der Waals surface area contributed by atoms with Gasteiger partial charge in [0, 0.05) is 59.8 Å². The minimum atomic E-state index is 0.0424. The number of anilines is 1. The Balaban J connectivity index is 1.55. The van der Waals surface area contributed by atoms with Crippen molar-refractivity contribution in [3.63, 3.8) is 0 Å². The molecule has 5 aromatic rings. The van der Waals surface area contributed by atoms with Crippen molar-refractivity contribution in [3.05, 3.63) is 71.7 Å². The van der Waals surface area contributed by atoms with Gasteiger partial charge in [0.1, 0.15) is 11.5 Å². The standard InChI is InChI=1S/C27H27N5O/c1-16-15-31(24-14-19-9-6-7-12-22(19)29(24)4)27(33)23-13-20-10-8-11-21(26(20)32(16)23)25-17(2)28-30(5)18(25)3/h6-14,16H,15H2,1-5H3. The van der Waals surface area contributed by atoms with Gasteiger partial charge in [0.15, 0.2) is 0 Å². The Kier molecular flexibility index (Phi) is 4.12. The average Bonchev–Trinajstić information content (AvgIpc) is 3.43. The quantitative estimate of drug-likeness (QED) is 0.373. The molecule has 0 radical (unpaired) electrons. The zero-order valence-electron chi connectivity index (χ0n) is 19.6. The Morgan fingerprint density at radius 2 is 1.73 bits per heavy atom. The van der Waals surface area contributed by atoms with E-state index in [-0.39, 0.29) is 11.9 Å². The lowest BCUT2D eigenvalue weighted by Gasteiger charge is -2.33. The van der Waals surface area contributed by atoms with Crippen LogP contribution in [-0.4, -0.2) is 31.4 Å². The third kappa shape index (κ3) is 2.67. The van der Waals surface area contributed by atoms with Gasteiger partial charge in [0.05, 0.1) is 11.2 Å². The Hall–Kier alpha value is -3.80. The number of hydrogen-bond donors (Lipinski definition) is 0. The van der Waals surface area contributed by atoms with Crippen LogP contribution >= 0.6 is 0 Å². The summed E-state index contributed by atoms with van der Waals surface area (Å²) in [5.41, 5.74) is 7.40. The normalized spacial score (nSPS) is 16.2. The first kappa shape index (κ1) is 19.9. The molecule has 1 unspecified atom stereocenters. The molecule has 2 aromatic carbocycles. The highest BCUT2D eigenvalue weighted by Gasteiger charge is 2.34. The molecule has 1 aliphatic rings. The van der Waals surface area contributed by atoms with Gasteiger partial charge in [-0.25, -0.2) is 0 Å². The van der Waals surface area contributed by atoms with Gasteiger partial charge < -0.3 is 9.13 Å². The van der Waals surface area contributed by atoms with Crippen LogP contribution in [-0.2, 0) is 14.1 Å². The SMILES string of the molecule is Cc1nn(C)c(C)c1-c1cccc2cc3n(c12)C(C)CN(c1cc2ccccc2n1C)C3=O. The van der Waals surface area contributed by atoms with Crippen molar-refractivity contribution in [2.24, 2.45) is 14.1 Å². The highest BCUT2D eigenvalue weighted by Crippen LogP contribution is 2.39. The fraction of sp³-hybridized carbons (Fsp3) is 0.259. The van der Waals surface area contributed by atoms with Crippen LogP contribution in [0.2, 0.25) is 0 Å². The van der Waals surface area contributed by atoms with Crippen LogP contribution in [0.3, 0.4) is 0 Å². The molecular formula is C27H27N5O. The second-order valence-electron chi connectivity index (χ2n) is 9.20. The number of carbonyl (C=O) groups excluding carboxylic acids is 1. The van der Waals surface area contributed by atoms with Gasteiger partial charge in [-0.3, -0.25) is 14.4 Å². The highest BCUT2D eigenvalue weighted by atomic mass is 16.2. The van der Waals surface area contributed by atoms with E-state index in [2.05, 4.69) is 71.4 Å². The molecule has 0 spiro atoms. The predicted molar refractivity (Wildman–Crippen MR) is 133 cm³/mol. The van der Waals surface area contributed by atoms with E-state index in [0.717, 1.165) is 55.8 Å². The number of aromatic nitrogens is 4. The maximum atomic E-state index is 13.8. The lowest BCUT2D eigenvalue weighted by molar-refractivity contribution is 0.0957. The lowest BCUT2D eigenvalue weighted by atomic mass is 10.0. The molecule has 6 nitrogen and oxygen atoms in total. The first-order valence-corrected chi connectivity index (χ1v) is 11.4. The summed E-state index contributed by atoms with van der Waals surface area (Å²) in [5.74, 6) is 0.976. The number of rotatable bonds is 2. The molecule has 1 aliphatic heterocycles. The first-order chi connectivity index (χ1) is 15.9. The van der Waals surface area contributed by atoms with Crippen LogP contribution < -0.4 is 4.90 Å². The van der Waals surface area contributed by atoms with Crippen LogP contribution in [0.1, 0.15) is 34.8 Å². The van der Waals surface area contributed by atoms with Gasteiger partial charge in [0.2, 0.25) is 0 Å². The van der Waals surface area contributed by atoms with E-state index in [1.165, 1.54) is 0 Å². The fourth-order valence-electron chi connectivity index (χ4n) is 5.57. The average molecular weight is 438 g/mol. The minimum Gasteiger partial charge on any atom is -0.331 e. The second kappa shape index (κ2) is 6.85. The molecule has 0 aliphatic carbocycles. The van der Waals surface area contributed by atoms with E-state index in [4.69, 9.17) is 0 Å². The zero-order chi connectivity index (χ0) is 23.0. The Bertz CT molecular complexity index is 1580. The molecule has 33 heavy (non-hydrogen) atoms. The maximum absolute atomic E-state index is 13.8. The van der Waals surface area contributed by atoms with Crippen LogP contribution in [0, 0.1) is 13.8 Å². The van der Waals surface area contributed by atoms with Crippen molar-refractivity contribution < 1.29 is 4.79 Å². The largest absolute Gasteiger partial charge is 0.331 e. The summed E-state index contributed by atoms with van der Waals surface area (Å²) < 4.78 is 6.28. The zero-order valence-corrected chi connectivity index (χ0v) is 19.6. The van der Waals surface area contributed by atoms with E-state index < -0.39 is 0 Å². The van der Waals surface area contributed by atoms with Crippen LogP contribution in [0.15, 0.2) is 54.6 Å². The number of fused-ring (bicyclic) bond motifs is 4. The van der Waals surface area contributed by atoms with Crippen molar-refractivity contribution in [3.8, 4) is 11.1 Å². The summed E-state index contributed by atoms with van der Waals surface area (Å²) >= 11 is 0. The molecule has 6 heteroatoms. The summed E-state index contributed by atoms with van der Waals surface area (Å²) in [6, 6.07) is 18.9. The van der Waals surface area contributed by atoms with E-state index >= 15 is 0 Å². The molecule has 0 bridgehead atoms. The van der Waals surface area contributed by atoms with E-state index in [1.54, 1.807) is 0 Å². The third-order valence-corrected chi connectivity index (χ3v) is 7.19. The molecule has 166 valence electrons. The number of hydrogen-bond acceptors (Lipinski definition) is 2. The van der Waals surface area contributed by atoms with Gasteiger partial charge >= 0.3 is 0 Å². The Labute approximate surface area is 192 Å². The summed E-state index contributed by atoms with van der Waals surface area (Å²) in [6.07, 6.45) is 0. The van der Waals surface area contributed by atoms with Crippen molar-refractivity contribution in [2.45, 2.75) is 26.8 Å². The van der Waals surface area contributed by atoms with Crippen molar-refractivity contribution in [1.82, 2.24) is 18.9 Å². The number of aryl methyl sites for hydroxylation is 3. The fourth-order valence-corrected chi connectivity index (χ4v) is 5.57.